The second-order valence-corrected chi connectivity index (χ2v) is 11.5. The molecule has 1 aromatic heterocycles. The Morgan fingerprint density at radius 1 is 1.20 bits per heavy atom. The summed E-state index contributed by atoms with van der Waals surface area (Å²) in [7, 11) is -4.01. The van der Waals surface area contributed by atoms with E-state index >= 15 is 0 Å². The monoisotopic (exact) mass is 501 g/mol. The van der Waals surface area contributed by atoms with E-state index in [9.17, 15) is 13.2 Å². The average Bonchev–Trinajstić information content (AvgIpc) is 3.37. The van der Waals surface area contributed by atoms with Crippen molar-refractivity contribution >= 4 is 21.9 Å². The number of aromatic nitrogens is 1. The topological polar surface area (TPSA) is 118 Å². The predicted octanol–water partition coefficient (Wildman–Crippen LogP) is 2.78. The first-order valence-corrected chi connectivity index (χ1v) is 13.6. The van der Waals surface area contributed by atoms with Crippen LogP contribution >= 0.6 is 0 Å². The van der Waals surface area contributed by atoms with Gasteiger partial charge in [-0.05, 0) is 63.8 Å². The van der Waals surface area contributed by atoms with Crippen molar-refractivity contribution in [1.82, 2.24) is 14.0 Å². The second-order valence-electron chi connectivity index (χ2n) is 9.83. The van der Waals surface area contributed by atoms with Gasteiger partial charge in [-0.25, -0.2) is 9.71 Å². The van der Waals surface area contributed by atoms with Crippen molar-refractivity contribution in [3.05, 3.63) is 42.0 Å². The maximum atomic E-state index is 13.3. The molecule has 0 aliphatic carbocycles. The summed E-state index contributed by atoms with van der Waals surface area (Å²) in [6.07, 6.45) is 1.51. The molecule has 3 heterocycles. The third-order valence-corrected chi connectivity index (χ3v) is 8.73. The molecular weight excluding hydrogens is 466 g/mol. The number of benzene rings is 1. The molecule has 2 aliphatic heterocycles. The molecule has 2 saturated heterocycles. The van der Waals surface area contributed by atoms with Gasteiger partial charge in [0.15, 0.2) is 0 Å². The fourth-order valence-electron chi connectivity index (χ4n) is 4.76. The number of hydrogen-bond acceptors (Lipinski definition) is 7. The van der Waals surface area contributed by atoms with Crippen LogP contribution in [0.4, 0.5) is 5.82 Å². The minimum absolute atomic E-state index is 0.192. The SMILES string of the molecule is CCOc1ccccc1-c1ccc(C(=O)NS(=O)(=O)N2CC[C@H](N)C2)c(N2CCC(C)C2(C)C)n1. The summed E-state index contributed by atoms with van der Waals surface area (Å²) in [5.74, 6) is 0.837. The van der Waals surface area contributed by atoms with Crippen LogP contribution in [0.2, 0.25) is 0 Å². The van der Waals surface area contributed by atoms with Crippen LogP contribution in [0.3, 0.4) is 0 Å². The van der Waals surface area contributed by atoms with Crippen LogP contribution in [0.25, 0.3) is 11.3 Å². The fourth-order valence-corrected chi connectivity index (χ4v) is 5.97. The first kappa shape index (κ1) is 25.4. The van der Waals surface area contributed by atoms with Crippen molar-refractivity contribution in [3.8, 4) is 17.0 Å². The van der Waals surface area contributed by atoms with Crippen LogP contribution in [0.15, 0.2) is 36.4 Å². The van der Waals surface area contributed by atoms with Gasteiger partial charge in [-0.3, -0.25) is 4.79 Å². The number of para-hydroxylation sites is 1. The van der Waals surface area contributed by atoms with Crippen molar-refractivity contribution in [1.29, 1.82) is 0 Å². The smallest absolute Gasteiger partial charge is 0.304 e. The third kappa shape index (κ3) is 5.00. The van der Waals surface area contributed by atoms with Crippen molar-refractivity contribution < 1.29 is 17.9 Å². The predicted molar refractivity (Wildman–Crippen MR) is 137 cm³/mol. The zero-order chi connectivity index (χ0) is 25.4. The molecule has 35 heavy (non-hydrogen) atoms. The summed E-state index contributed by atoms with van der Waals surface area (Å²) in [6, 6.07) is 10.8. The molecular formula is C25H35N5O4S. The quantitative estimate of drug-likeness (QED) is 0.599. The molecule has 2 fully saturated rings. The Bertz CT molecular complexity index is 1200. The van der Waals surface area contributed by atoms with Crippen LogP contribution in [-0.2, 0) is 10.2 Å². The Hall–Kier alpha value is -2.69. The number of amides is 1. The lowest BCUT2D eigenvalue weighted by Gasteiger charge is -2.36. The summed E-state index contributed by atoms with van der Waals surface area (Å²) in [6.45, 7) is 10.1. The number of anilines is 1. The number of pyridine rings is 1. The number of nitrogens with zero attached hydrogens (tertiary/aromatic N) is 3. The summed E-state index contributed by atoms with van der Waals surface area (Å²) in [5, 5.41) is 0. The summed E-state index contributed by atoms with van der Waals surface area (Å²) in [4.78, 5) is 20.4. The number of carbonyl (C=O) groups is 1. The van der Waals surface area contributed by atoms with Crippen molar-refractivity contribution in [2.24, 2.45) is 11.7 Å². The highest BCUT2D eigenvalue weighted by molar-refractivity contribution is 7.87. The molecule has 4 rings (SSSR count). The van der Waals surface area contributed by atoms with Gasteiger partial charge in [0, 0.05) is 36.8 Å². The van der Waals surface area contributed by atoms with E-state index in [4.69, 9.17) is 15.5 Å². The van der Waals surface area contributed by atoms with Crippen molar-refractivity contribution in [3.63, 3.8) is 0 Å². The van der Waals surface area contributed by atoms with Gasteiger partial charge in [-0.15, -0.1) is 0 Å². The summed E-state index contributed by atoms with van der Waals surface area (Å²) >= 11 is 0. The standard InChI is InChI=1S/C25H35N5O4S/c1-5-34-22-9-7-6-8-19(22)21-11-10-20(23(27-21)30-15-12-17(2)25(30,3)4)24(31)28-35(32,33)29-14-13-18(26)16-29/h6-11,17-18H,5,12-16,26H2,1-4H3,(H,28,31)/t17?,18-/m0/s1. The van der Waals surface area contributed by atoms with Gasteiger partial charge in [0.1, 0.15) is 11.6 Å². The van der Waals surface area contributed by atoms with E-state index in [1.807, 2.05) is 31.2 Å². The Kier molecular flexibility index (Phi) is 7.08. The minimum atomic E-state index is -4.01. The lowest BCUT2D eigenvalue weighted by Crippen LogP contribution is -2.45. The van der Waals surface area contributed by atoms with E-state index in [-0.39, 0.29) is 23.7 Å². The van der Waals surface area contributed by atoms with Gasteiger partial charge in [-0.1, -0.05) is 19.1 Å². The fraction of sp³-hybridized carbons (Fsp3) is 0.520. The van der Waals surface area contributed by atoms with Crippen molar-refractivity contribution in [2.45, 2.75) is 52.1 Å². The average molecular weight is 502 g/mol. The van der Waals surface area contributed by atoms with E-state index in [0.717, 1.165) is 12.0 Å². The van der Waals surface area contributed by atoms with E-state index in [1.54, 1.807) is 12.1 Å². The Morgan fingerprint density at radius 2 is 1.94 bits per heavy atom. The normalized spacial score (nSPS) is 22.4. The molecule has 1 amide bonds. The summed E-state index contributed by atoms with van der Waals surface area (Å²) < 4.78 is 35.0. The second kappa shape index (κ2) is 9.75. The highest BCUT2D eigenvalue weighted by Crippen LogP contribution is 2.40. The Labute approximate surface area is 207 Å². The van der Waals surface area contributed by atoms with Gasteiger partial charge in [-0.2, -0.15) is 12.7 Å². The number of rotatable bonds is 7. The van der Waals surface area contributed by atoms with Crippen LogP contribution in [0.5, 0.6) is 5.75 Å². The van der Waals surface area contributed by atoms with Crippen LogP contribution in [0.1, 0.15) is 50.9 Å². The largest absolute Gasteiger partial charge is 0.493 e. The zero-order valence-electron chi connectivity index (χ0n) is 20.8. The lowest BCUT2D eigenvalue weighted by atomic mass is 9.90. The maximum Gasteiger partial charge on any atom is 0.304 e. The maximum absolute atomic E-state index is 13.3. The number of carbonyl (C=O) groups excluding carboxylic acids is 1. The molecule has 0 saturated carbocycles. The molecule has 3 N–H and O–H groups in total. The molecule has 2 aromatic rings. The van der Waals surface area contributed by atoms with Gasteiger partial charge >= 0.3 is 10.2 Å². The number of ether oxygens (including phenoxy) is 1. The van der Waals surface area contributed by atoms with E-state index in [2.05, 4.69) is 30.4 Å². The van der Waals surface area contributed by atoms with Gasteiger partial charge < -0.3 is 15.4 Å². The van der Waals surface area contributed by atoms with Crippen LogP contribution < -0.4 is 20.1 Å². The van der Waals surface area contributed by atoms with E-state index in [1.165, 1.54) is 4.31 Å². The molecule has 1 aromatic carbocycles. The van der Waals surface area contributed by atoms with Crippen LogP contribution in [0, 0.1) is 5.92 Å². The van der Waals surface area contributed by atoms with Crippen molar-refractivity contribution in [2.75, 3.05) is 31.1 Å². The number of hydrogen-bond donors (Lipinski definition) is 2. The minimum Gasteiger partial charge on any atom is -0.493 e. The zero-order valence-corrected chi connectivity index (χ0v) is 21.6. The first-order valence-electron chi connectivity index (χ1n) is 12.1. The Balaban J connectivity index is 1.75. The molecule has 9 nitrogen and oxygen atoms in total. The molecule has 190 valence electrons. The highest BCUT2D eigenvalue weighted by atomic mass is 32.2. The van der Waals surface area contributed by atoms with E-state index in [0.29, 0.717) is 49.3 Å². The first-order chi connectivity index (χ1) is 16.5. The molecule has 0 bridgehead atoms. The van der Waals surface area contributed by atoms with Crippen LogP contribution in [-0.4, -0.2) is 61.4 Å². The number of nitrogens with two attached hydrogens (primary N) is 1. The lowest BCUT2D eigenvalue weighted by molar-refractivity contribution is 0.0979. The molecule has 2 aliphatic rings. The molecule has 10 heteroatoms. The molecule has 1 unspecified atom stereocenters. The van der Waals surface area contributed by atoms with Gasteiger partial charge in [0.25, 0.3) is 5.91 Å². The molecule has 2 atom stereocenters. The van der Waals surface area contributed by atoms with E-state index < -0.39 is 16.1 Å². The highest BCUT2D eigenvalue weighted by Gasteiger charge is 2.41. The van der Waals surface area contributed by atoms with Gasteiger partial charge in [0.2, 0.25) is 0 Å². The number of nitrogens with one attached hydrogen (secondary N) is 1. The summed E-state index contributed by atoms with van der Waals surface area (Å²) in [5.41, 5.74) is 7.30. The third-order valence-electron chi connectivity index (χ3n) is 7.27. The molecule has 0 spiro atoms. The molecule has 0 radical (unpaired) electrons. The van der Waals surface area contributed by atoms with Gasteiger partial charge in [0.05, 0.1) is 17.9 Å². The Morgan fingerprint density at radius 3 is 2.57 bits per heavy atom.